The summed E-state index contributed by atoms with van der Waals surface area (Å²) in [6, 6.07) is 8.99. The number of likely N-dealkylation sites (N-methyl/N-ethyl adjacent to an activating group) is 1. The Morgan fingerprint density at radius 1 is 1.32 bits per heavy atom. The number of aliphatic hydroxyl groups excluding tert-OH is 1. The summed E-state index contributed by atoms with van der Waals surface area (Å²) in [5.74, 6) is 2.80. The third kappa shape index (κ3) is 3.98. The van der Waals surface area contributed by atoms with E-state index in [0.717, 1.165) is 18.7 Å². The topological polar surface area (TPSA) is 23.5 Å². The van der Waals surface area contributed by atoms with E-state index in [0.29, 0.717) is 12.0 Å². The second kappa shape index (κ2) is 6.78. The van der Waals surface area contributed by atoms with Crippen molar-refractivity contribution in [3.8, 4) is 0 Å². The van der Waals surface area contributed by atoms with E-state index in [-0.39, 0.29) is 6.10 Å². The lowest BCUT2D eigenvalue weighted by molar-refractivity contribution is 0.0763. The highest BCUT2D eigenvalue weighted by atomic mass is 32.2. The predicted molar refractivity (Wildman–Crippen MR) is 84.0 cm³/mol. The van der Waals surface area contributed by atoms with Crippen LogP contribution in [0.5, 0.6) is 0 Å². The first-order valence-electron chi connectivity index (χ1n) is 7.13. The van der Waals surface area contributed by atoms with Gasteiger partial charge in [0.05, 0.1) is 6.10 Å². The van der Waals surface area contributed by atoms with Gasteiger partial charge in [0, 0.05) is 24.1 Å². The monoisotopic (exact) mass is 279 g/mol. The van der Waals surface area contributed by atoms with Gasteiger partial charge in [0.1, 0.15) is 0 Å². The van der Waals surface area contributed by atoms with Crippen molar-refractivity contribution < 1.29 is 5.11 Å². The smallest absolute Gasteiger partial charge is 0.0743 e. The van der Waals surface area contributed by atoms with Crippen molar-refractivity contribution in [2.75, 3.05) is 25.1 Å². The second-order valence-corrected chi connectivity index (χ2v) is 6.94. The minimum Gasteiger partial charge on any atom is -0.391 e. The molecular formula is C16H25NOS. The van der Waals surface area contributed by atoms with Crippen molar-refractivity contribution in [3.63, 3.8) is 0 Å². The van der Waals surface area contributed by atoms with Crippen LogP contribution in [0, 0.1) is 0 Å². The van der Waals surface area contributed by atoms with Crippen LogP contribution in [0.4, 0.5) is 0 Å². The van der Waals surface area contributed by atoms with Gasteiger partial charge in [-0.2, -0.15) is 11.8 Å². The van der Waals surface area contributed by atoms with Gasteiger partial charge in [-0.25, -0.2) is 0 Å². The zero-order chi connectivity index (χ0) is 13.8. The zero-order valence-corrected chi connectivity index (χ0v) is 13.0. The Morgan fingerprint density at radius 2 is 2.00 bits per heavy atom. The lowest BCUT2D eigenvalue weighted by atomic mass is 9.98. The summed E-state index contributed by atoms with van der Waals surface area (Å²) in [7, 11) is 2.12. The van der Waals surface area contributed by atoms with Crippen LogP contribution < -0.4 is 0 Å². The highest BCUT2D eigenvalue weighted by Gasteiger charge is 2.26. The standard InChI is InChI=1S/C16H25NOS/c1-12(2)14-6-4-13(5-7-14)10-16(18)15-11-19-9-8-17(15)3/h4-7,12,15-16,18H,8-11H2,1-3H3. The molecule has 2 atom stereocenters. The summed E-state index contributed by atoms with van der Waals surface area (Å²) in [5, 5.41) is 10.4. The first-order chi connectivity index (χ1) is 9.08. The summed E-state index contributed by atoms with van der Waals surface area (Å²) < 4.78 is 0. The third-order valence-corrected chi connectivity index (χ3v) is 5.03. The molecule has 19 heavy (non-hydrogen) atoms. The first kappa shape index (κ1) is 14.9. The van der Waals surface area contributed by atoms with E-state index in [1.165, 1.54) is 16.9 Å². The number of nitrogens with zero attached hydrogens (tertiary/aromatic N) is 1. The largest absolute Gasteiger partial charge is 0.391 e. The maximum absolute atomic E-state index is 10.4. The fourth-order valence-corrected chi connectivity index (χ4v) is 3.83. The molecule has 0 aromatic heterocycles. The van der Waals surface area contributed by atoms with Gasteiger partial charge in [-0.05, 0) is 30.5 Å². The van der Waals surface area contributed by atoms with Gasteiger partial charge in [0.15, 0.2) is 0 Å². The van der Waals surface area contributed by atoms with Crippen molar-refractivity contribution in [1.82, 2.24) is 4.90 Å². The number of rotatable bonds is 4. The molecule has 106 valence electrons. The SMILES string of the molecule is CC(C)c1ccc(CC(O)C2CSCCN2C)cc1. The summed E-state index contributed by atoms with van der Waals surface area (Å²) in [4.78, 5) is 2.30. The van der Waals surface area contributed by atoms with Crippen LogP contribution in [0.2, 0.25) is 0 Å². The minimum atomic E-state index is -0.261. The number of thioether (sulfide) groups is 1. The first-order valence-corrected chi connectivity index (χ1v) is 8.28. The van der Waals surface area contributed by atoms with E-state index >= 15 is 0 Å². The third-order valence-electron chi connectivity index (χ3n) is 3.98. The molecule has 1 N–H and O–H groups in total. The van der Waals surface area contributed by atoms with Crippen molar-refractivity contribution in [2.45, 2.75) is 38.3 Å². The second-order valence-electron chi connectivity index (χ2n) is 5.79. The Morgan fingerprint density at radius 3 is 2.58 bits per heavy atom. The number of aliphatic hydroxyl groups is 1. The Bertz CT molecular complexity index is 390. The predicted octanol–water partition coefficient (Wildman–Crippen LogP) is 2.76. The van der Waals surface area contributed by atoms with Crippen LogP contribution in [0.1, 0.15) is 30.9 Å². The van der Waals surface area contributed by atoms with E-state index in [1.54, 1.807) is 0 Å². The van der Waals surface area contributed by atoms with Crippen LogP contribution >= 0.6 is 11.8 Å². The van der Waals surface area contributed by atoms with Crippen LogP contribution in [0.25, 0.3) is 0 Å². The zero-order valence-electron chi connectivity index (χ0n) is 12.2. The Hall–Kier alpha value is -0.510. The average molecular weight is 279 g/mol. The lowest BCUT2D eigenvalue weighted by Crippen LogP contribution is -2.47. The number of benzene rings is 1. The van der Waals surface area contributed by atoms with E-state index in [4.69, 9.17) is 0 Å². The van der Waals surface area contributed by atoms with Crippen molar-refractivity contribution in [1.29, 1.82) is 0 Å². The van der Waals surface area contributed by atoms with E-state index < -0.39 is 0 Å². The Labute approximate surface area is 121 Å². The molecular weight excluding hydrogens is 254 g/mol. The Balaban J connectivity index is 1.96. The fourth-order valence-electron chi connectivity index (χ4n) is 2.53. The van der Waals surface area contributed by atoms with Gasteiger partial charge in [-0.1, -0.05) is 38.1 Å². The molecule has 1 aromatic carbocycles. The number of hydrogen-bond donors (Lipinski definition) is 1. The molecule has 3 heteroatoms. The van der Waals surface area contributed by atoms with Gasteiger partial charge in [0.2, 0.25) is 0 Å². The molecule has 0 saturated carbocycles. The van der Waals surface area contributed by atoms with Gasteiger partial charge in [-0.15, -0.1) is 0 Å². The molecule has 2 rings (SSSR count). The molecule has 0 spiro atoms. The van der Waals surface area contributed by atoms with E-state index in [1.807, 2.05) is 11.8 Å². The molecule has 1 aromatic rings. The summed E-state index contributed by atoms with van der Waals surface area (Å²) in [5.41, 5.74) is 2.60. The highest BCUT2D eigenvalue weighted by Crippen LogP contribution is 2.21. The average Bonchev–Trinajstić information content (AvgIpc) is 2.39. The van der Waals surface area contributed by atoms with Crippen LogP contribution in [-0.4, -0.2) is 47.3 Å². The molecule has 0 radical (unpaired) electrons. The quantitative estimate of drug-likeness (QED) is 0.917. The van der Waals surface area contributed by atoms with Gasteiger partial charge >= 0.3 is 0 Å². The van der Waals surface area contributed by atoms with Gasteiger partial charge in [-0.3, -0.25) is 4.90 Å². The normalized spacial score (nSPS) is 22.7. The Kier molecular flexibility index (Phi) is 5.31. The summed E-state index contributed by atoms with van der Waals surface area (Å²) >= 11 is 1.95. The summed E-state index contributed by atoms with van der Waals surface area (Å²) in [6.45, 7) is 5.49. The lowest BCUT2D eigenvalue weighted by Gasteiger charge is -2.35. The highest BCUT2D eigenvalue weighted by molar-refractivity contribution is 7.99. The van der Waals surface area contributed by atoms with Crippen LogP contribution in [0.15, 0.2) is 24.3 Å². The van der Waals surface area contributed by atoms with Gasteiger partial charge < -0.3 is 5.11 Å². The van der Waals surface area contributed by atoms with Crippen LogP contribution in [0.3, 0.4) is 0 Å². The summed E-state index contributed by atoms with van der Waals surface area (Å²) in [6.07, 6.45) is 0.496. The molecule has 1 fully saturated rings. The maximum atomic E-state index is 10.4. The van der Waals surface area contributed by atoms with E-state index in [2.05, 4.69) is 50.1 Å². The molecule has 1 aliphatic heterocycles. The maximum Gasteiger partial charge on any atom is 0.0743 e. The molecule has 0 aliphatic carbocycles. The van der Waals surface area contributed by atoms with E-state index in [9.17, 15) is 5.11 Å². The molecule has 0 amide bonds. The fraction of sp³-hybridized carbons (Fsp3) is 0.625. The molecule has 0 bridgehead atoms. The molecule has 1 heterocycles. The molecule has 1 aliphatic rings. The van der Waals surface area contributed by atoms with Crippen molar-refractivity contribution in [2.24, 2.45) is 0 Å². The van der Waals surface area contributed by atoms with Crippen molar-refractivity contribution in [3.05, 3.63) is 35.4 Å². The van der Waals surface area contributed by atoms with Gasteiger partial charge in [0.25, 0.3) is 0 Å². The minimum absolute atomic E-state index is 0.261. The van der Waals surface area contributed by atoms with Crippen LogP contribution in [-0.2, 0) is 6.42 Å². The van der Waals surface area contributed by atoms with Crippen molar-refractivity contribution >= 4 is 11.8 Å². The number of hydrogen-bond acceptors (Lipinski definition) is 3. The molecule has 2 unspecified atom stereocenters. The molecule has 1 saturated heterocycles. The molecule has 2 nitrogen and oxygen atoms in total.